The first-order chi connectivity index (χ1) is 11.6. The Morgan fingerprint density at radius 2 is 1.88 bits per heavy atom. The van der Waals surface area contributed by atoms with E-state index in [9.17, 15) is 9.59 Å². The third kappa shape index (κ3) is 3.82. The number of thiophene rings is 1. The zero-order valence-corrected chi connectivity index (χ0v) is 15.4. The fraction of sp³-hybridized carbons (Fsp3) is 0.333. The lowest BCUT2D eigenvalue weighted by Crippen LogP contribution is -2.41. The standard InChI is InChI=1S/C18H20N2O2S2/c1-11-3-8-15-13(9-11)10-16(24-15)18(22)20-19-17(21)12-4-6-14(23-2)7-5-12/h4-7,10-11H,3,8-9H2,1-2H3,(H,19,21)(H,20,22)/t11-/m0/s1. The van der Waals surface area contributed by atoms with Crippen LogP contribution in [0.5, 0.6) is 0 Å². The van der Waals surface area contributed by atoms with E-state index in [1.54, 1.807) is 23.9 Å². The summed E-state index contributed by atoms with van der Waals surface area (Å²) in [4.78, 5) is 27.4. The van der Waals surface area contributed by atoms with Crippen molar-refractivity contribution in [2.45, 2.75) is 31.1 Å². The summed E-state index contributed by atoms with van der Waals surface area (Å²) in [5, 5.41) is 0. The van der Waals surface area contributed by atoms with Gasteiger partial charge in [0.2, 0.25) is 0 Å². The van der Waals surface area contributed by atoms with Crippen molar-refractivity contribution in [1.82, 2.24) is 10.9 Å². The van der Waals surface area contributed by atoms with Crippen LogP contribution in [0.2, 0.25) is 0 Å². The van der Waals surface area contributed by atoms with Crippen molar-refractivity contribution >= 4 is 34.9 Å². The summed E-state index contributed by atoms with van der Waals surface area (Å²) in [5.74, 6) is 0.106. The zero-order chi connectivity index (χ0) is 17.1. The van der Waals surface area contributed by atoms with E-state index in [0.717, 1.165) is 17.7 Å². The highest BCUT2D eigenvalue weighted by Gasteiger charge is 2.20. The maximum Gasteiger partial charge on any atom is 0.279 e. The number of aryl methyl sites for hydroxylation is 1. The Labute approximate surface area is 150 Å². The molecule has 1 aromatic heterocycles. The highest BCUT2D eigenvalue weighted by molar-refractivity contribution is 7.98. The fourth-order valence-corrected chi connectivity index (χ4v) is 4.32. The molecule has 0 saturated carbocycles. The van der Waals surface area contributed by atoms with Crippen molar-refractivity contribution in [2.24, 2.45) is 5.92 Å². The molecule has 1 heterocycles. The molecule has 0 bridgehead atoms. The van der Waals surface area contributed by atoms with Crippen molar-refractivity contribution in [3.8, 4) is 0 Å². The van der Waals surface area contributed by atoms with Gasteiger partial charge in [0, 0.05) is 15.3 Å². The monoisotopic (exact) mass is 360 g/mol. The molecule has 0 fully saturated rings. The van der Waals surface area contributed by atoms with E-state index in [2.05, 4.69) is 17.8 Å². The van der Waals surface area contributed by atoms with Crippen LogP contribution < -0.4 is 10.9 Å². The van der Waals surface area contributed by atoms with Crippen LogP contribution in [0.25, 0.3) is 0 Å². The Kier molecular flexibility index (Phi) is 5.26. The fourth-order valence-electron chi connectivity index (χ4n) is 2.81. The third-order valence-corrected chi connectivity index (χ3v) is 6.17. The molecule has 2 aromatic rings. The molecule has 1 atom stereocenters. The average molecular weight is 361 g/mol. The molecule has 0 spiro atoms. The summed E-state index contributed by atoms with van der Waals surface area (Å²) < 4.78 is 0. The molecule has 3 rings (SSSR count). The smallest absolute Gasteiger partial charge is 0.267 e. The van der Waals surface area contributed by atoms with E-state index in [0.29, 0.717) is 16.4 Å². The maximum atomic E-state index is 12.3. The number of rotatable bonds is 3. The molecule has 1 aromatic carbocycles. The minimum atomic E-state index is -0.314. The van der Waals surface area contributed by atoms with Crippen molar-refractivity contribution in [3.05, 3.63) is 51.2 Å². The zero-order valence-electron chi connectivity index (χ0n) is 13.7. The Morgan fingerprint density at radius 3 is 2.58 bits per heavy atom. The number of carbonyl (C=O) groups is 2. The summed E-state index contributed by atoms with van der Waals surface area (Å²) in [7, 11) is 0. The van der Waals surface area contributed by atoms with Gasteiger partial charge in [-0.2, -0.15) is 0 Å². The molecule has 4 nitrogen and oxygen atoms in total. The Morgan fingerprint density at radius 1 is 1.17 bits per heavy atom. The number of nitrogens with one attached hydrogen (secondary N) is 2. The SMILES string of the molecule is CSc1ccc(C(=O)NNC(=O)c2cc3c(s2)CC[C@H](C)C3)cc1. The third-order valence-electron chi connectivity index (χ3n) is 4.19. The molecule has 24 heavy (non-hydrogen) atoms. The molecule has 126 valence electrons. The van der Waals surface area contributed by atoms with E-state index in [1.165, 1.54) is 28.2 Å². The van der Waals surface area contributed by atoms with E-state index in [-0.39, 0.29) is 11.8 Å². The van der Waals surface area contributed by atoms with Gasteiger partial charge in [-0.3, -0.25) is 20.4 Å². The largest absolute Gasteiger partial charge is 0.279 e. The molecular formula is C18H20N2O2S2. The van der Waals surface area contributed by atoms with Crippen LogP contribution in [-0.2, 0) is 12.8 Å². The van der Waals surface area contributed by atoms with Gasteiger partial charge >= 0.3 is 0 Å². The van der Waals surface area contributed by atoms with Crippen LogP contribution in [0.3, 0.4) is 0 Å². The van der Waals surface area contributed by atoms with Gasteiger partial charge < -0.3 is 0 Å². The highest BCUT2D eigenvalue weighted by Crippen LogP contribution is 2.32. The Hall–Kier alpha value is -1.79. The van der Waals surface area contributed by atoms with Gasteiger partial charge in [-0.05, 0) is 67.3 Å². The van der Waals surface area contributed by atoms with Gasteiger partial charge in [-0.1, -0.05) is 6.92 Å². The number of thioether (sulfide) groups is 1. The predicted molar refractivity (Wildman–Crippen MR) is 98.7 cm³/mol. The summed E-state index contributed by atoms with van der Waals surface area (Å²) in [6.45, 7) is 2.24. The number of hydrogen-bond acceptors (Lipinski definition) is 4. The van der Waals surface area contributed by atoms with Crippen LogP contribution in [-0.4, -0.2) is 18.1 Å². The number of hydrogen-bond donors (Lipinski definition) is 2. The van der Waals surface area contributed by atoms with Crippen molar-refractivity contribution in [1.29, 1.82) is 0 Å². The van der Waals surface area contributed by atoms with Crippen molar-refractivity contribution in [3.63, 3.8) is 0 Å². The van der Waals surface area contributed by atoms with E-state index >= 15 is 0 Å². The lowest BCUT2D eigenvalue weighted by atomic mass is 9.90. The first-order valence-electron chi connectivity index (χ1n) is 7.93. The lowest BCUT2D eigenvalue weighted by molar-refractivity contribution is 0.0849. The second kappa shape index (κ2) is 7.40. The second-order valence-electron chi connectivity index (χ2n) is 6.04. The van der Waals surface area contributed by atoms with E-state index in [4.69, 9.17) is 0 Å². The predicted octanol–water partition coefficient (Wildman–Crippen LogP) is 3.67. The van der Waals surface area contributed by atoms with E-state index in [1.807, 2.05) is 24.5 Å². The molecule has 2 N–H and O–H groups in total. The topological polar surface area (TPSA) is 58.2 Å². The maximum absolute atomic E-state index is 12.3. The molecule has 1 aliphatic rings. The van der Waals surface area contributed by atoms with Gasteiger partial charge in [0.05, 0.1) is 4.88 Å². The van der Waals surface area contributed by atoms with Crippen molar-refractivity contribution in [2.75, 3.05) is 6.26 Å². The molecule has 0 radical (unpaired) electrons. The van der Waals surface area contributed by atoms with Gasteiger partial charge in [0.15, 0.2) is 0 Å². The number of fused-ring (bicyclic) bond motifs is 1. The molecular weight excluding hydrogens is 340 g/mol. The molecule has 6 heteroatoms. The lowest BCUT2D eigenvalue weighted by Gasteiger charge is -2.16. The minimum absolute atomic E-state index is 0.254. The van der Waals surface area contributed by atoms with E-state index < -0.39 is 0 Å². The normalized spacial score (nSPS) is 16.3. The summed E-state index contributed by atoms with van der Waals surface area (Å²) in [5.41, 5.74) is 6.80. The van der Waals surface area contributed by atoms with Gasteiger partial charge in [0.1, 0.15) is 0 Å². The van der Waals surface area contributed by atoms with Crippen LogP contribution in [0.4, 0.5) is 0 Å². The summed E-state index contributed by atoms with van der Waals surface area (Å²) in [6.07, 6.45) is 5.24. The number of amides is 2. The first-order valence-corrected chi connectivity index (χ1v) is 9.97. The molecule has 0 aliphatic heterocycles. The van der Waals surface area contributed by atoms with Crippen molar-refractivity contribution < 1.29 is 9.59 Å². The Balaban J connectivity index is 1.60. The molecule has 2 amide bonds. The summed E-state index contributed by atoms with van der Waals surface area (Å²) in [6, 6.07) is 9.23. The van der Waals surface area contributed by atoms with Crippen LogP contribution in [0.15, 0.2) is 35.2 Å². The van der Waals surface area contributed by atoms with Crippen LogP contribution in [0, 0.1) is 5.92 Å². The highest BCUT2D eigenvalue weighted by atomic mass is 32.2. The molecule has 0 saturated heterocycles. The first kappa shape index (κ1) is 17.0. The Bertz CT molecular complexity index is 753. The number of carbonyl (C=O) groups excluding carboxylic acids is 2. The number of hydrazine groups is 1. The second-order valence-corrected chi connectivity index (χ2v) is 8.06. The molecule has 1 aliphatic carbocycles. The van der Waals surface area contributed by atoms with Gasteiger partial charge in [0.25, 0.3) is 11.8 Å². The quantitative estimate of drug-likeness (QED) is 0.649. The van der Waals surface area contributed by atoms with Gasteiger partial charge in [-0.15, -0.1) is 23.1 Å². The molecule has 0 unspecified atom stereocenters. The summed E-state index contributed by atoms with van der Waals surface area (Å²) >= 11 is 3.15. The minimum Gasteiger partial charge on any atom is -0.267 e. The van der Waals surface area contributed by atoms with Crippen LogP contribution in [0.1, 0.15) is 43.8 Å². The number of benzene rings is 1. The van der Waals surface area contributed by atoms with Crippen LogP contribution >= 0.6 is 23.1 Å². The average Bonchev–Trinajstić information content (AvgIpc) is 3.02. The van der Waals surface area contributed by atoms with Gasteiger partial charge in [-0.25, -0.2) is 0 Å².